The lowest BCUT2D eigenvalue weighted by atomic mass is 10.2. The molecule has 0 unspecified atom stereocenters. The Hall–Kier alpha value is -2.87. The zero-order valence-corrected chi connectivity index (χ0v) is 15.6. The lowest BCUT2D eigenvalue weighted by Crippen LogP contribution is -2.41. The Labute approximate surface area is 157 Å². The molecule has 0 bridgehead atoms. The quantitative estimate of drug-likeness (QED) is 0.569. The lowest BCUT2D eigenvalue weighted by Gasteiger charge is -2.10. The van der Waals surface area contributed by atoms with Gasteiger partial charge in [0.1, 0.15) is 11.5 Å². The number of hydrogen-bond acceptors (Lipinski definition) is 2. The van der Waals surface area contributed by atoms with Crippen LogP contribution in [-0.4, -0.2) is 21.4 Å². The van der Waals surface area contributed by atoms with Crippen LogP contribution in [0.15, 0.2) is 47.1 Å². The van der Waals surface area contributed by atoms with E-state index in [-0.39, 0.29) is 5.82 Å². The van der Waals surface area contributed by atoms with Gasteiger partial charge in [-0.25, -0.2) is 4.39 Å². The maximum atomic E-state index is 13.1. The Morgan fingerprint density at radius 1 is 1.08 bits per heavy atom. The summed E-state index contributed by atoms with van der Waals surface area (Å²) in [5, 5.41) is 0. The van der Waals surface area contributed by atoms with Crippen LogP contribution in [-0.2, 0) is 0 Å². The number of aromatic amines is 1. The zero-order valence-electron chi connectivity index (χ0n) is 14.1. The molecule has 6 nitrogen and oxygen atoms in total. The first kappa shape index (κ1) is 17.9. The minimum Gasteiger partial charge on any atom is -0.356 e. The number of nitrogens with one attached hydrogen (secondary N) is 3. The van der Waals surface area contributed by atoms with Crippen molar-refractivity contribution in [1.29, 1.82) is 0 Å². The van der Waals surface area contributed by atoms with E-state index in [1.165, 1.54) is 12.1 Å². The van der Waals surface area contributed by atoms with Crippen LogP contribution in [0.4, 0.5) is 4.39 Å². The van der Waals surface area contributed by atoms with Gasteiger partial charge in [-0.05, 0) is 66.2 Å². The highest BCUT2D eigenvalue weighted by molar-refractivity contribution is 9.10. The predicted molar refractivity (Wildman–Crippen MR) is 98.6 cm³/mol. The maximum absolute atomic E-state index is 13.1. The summed E-state index contributed by atoms with van der Waals surface area (Å²) in [4.78, 5) is 27.2. The Kier molecular flexibility index (Phi) is 4.94. The van der Waals surface area contributed by atoms with E-state index in [1.807, 2.05) is 11.5 Å². The van der Waals surface area contributed by atoms with E-state index in [0.717, 1.165) is 15.9 Å². The number of H-pyrrole nitrogens is 1. The van der Waals surface area contributed by atoms with E-state index in [2.05, 4.69) is 31.8 Å². The zero-order chi connectivity index (χ0) is 18.8. The third kappa shape index (κ3) is 3.55. The molecule has 1 aromatic carbocycles. The molecule has 0 saturated heterocycles. The van der Waals surface area contributed by atoms with Crippen molar-refractivity contribution < 1.29 is 14.0 Å². The van der Waals surface area contributed by atoms with Gasteiger partial charge in [0, 0.05) is 27.7 Å². The van der Waals surface area contributed by atoms with Gasteiger partial charge in [0.05, 0.1) is 5.56 Å². The molecule has 0 aliphatic rings. The SMILES string of the molecule is Cc1cc(C(=O)NNC(=O)c2cc(Br)c[nH]2)c(C)n1-c1ccc(F)cc1. The van der Waals surface area contributed by atoms with E-state index >= 15 is 0 Å². The number of carbonyl (C=O) groups is 2. The summed E-state index contributed by atoms with van der Waals surface area (Å²) in [5.74, 6) is -1.23. The molecule has 2 heterocycles. The van der Waals surface area contributed by atoms with Crippen LogP contribution in [0.25, 0.3) is 5.69 Å². The first-order valence-electron chi connectivity index (χ1n) is 7.76. The van der Waals surface area contributed by atoms with Crippen molar-refractivity contribution in [1.82, 2.24) is 20.4 Å². The minimum absolute atomic E-state index is 0.314. The van der Waals surface area contributed by atoms with Crippen molar-refractivity contribution in [2.24, 2.45) is 0 Å². The second kappa shape index (κ2) is 7.17. The Morgan fingerprint density at radius 2 is 1.73 bits per heavy atom. The largest absolute Gasteiger partial charge is 0.356 e. The van der Waals surface area contributed by atoms with Crippen LogP contribution < -0.4 is 10.9 Å². The van der Waals surface area contributed by atoms with Crippen LogP contribution in [0.2, 0.25) is 0 Å². The van der Waals surface area contributed by atoms with Crippen LogP contribution in [0.5, 0.6) is 0 Å². The molecule has 3 N–H and O–H groups in total. The number of benzene rings is 1. The number of hydrazine groups is 1. The number of rotatable bonds is 3. The summed E-state index contributed by atoms with van der Waals surface area (Å²) in [6.45, 7) is 3.64. The number of aryl methyl sites for hydroxylation is 1. The molecule has 2 amide bonds. The fraction of sp³-hybridized carbons (Fsp3) is 0.111. The molecule has 0 aliphatic heterocycles. The summed E-state index contributed by atoms with van der Waals surface area (Å²) >= 11 is 3.24. The Balaban J connectivity index is 1.77. The molecule has 0 radical (unpaired) electrons. The third-order valence-electron chi connectivity index (χ3n) is 3.94. The molecule has 26 heavy (non-hydrogen) atoms. The molecule has 0 aliphatic carbocycles. The third-order valence-corrected chi connectivity index (χ3v) is 4.40. The van der Waals surface area contributed by atoms with Crippen molar-refractivity contribution in [3.8, 4) is 5.69 Å². The van der Waals surface area contributed by atoms with Gasteiger partial charge in [0.2, 0.25) is 0 Å². The molecule has 3 aromatic rings. The van der Waals surface area contributed by atoms with Gasteiger partial charge in [-0.2, -0.15) is 0 Å². The standard InChI is InChI=1S/C18H16BrFN4O2/c1-10-7-15(11(2)24(10)14-5-3-13(20)4-6-14)17(25)22-23-18(26)16-8-12(19)9-21-16/h3-9,21H,1-2H3,(H,22,25)(H,23,26). The van der Waals surface area contributed by atoms with E-state index in [1.54, 1.807) is 37.4 Å². The van der Waals surface area contributed by atoms with Crippen LogP contribution in [0, 0.1) is 19.7 Å². The van der Waals surface area contributed by atoms with E-state index in [9.17, 15) is 14.0 Å². The van der Waals surface area contributed by atoms with Gasteiger partial charge in [0.15, 0.2) is 0 Å². The molecule has 134 valence electrons. The van der Waals surface area contributed by atoms with Gasteiger partial charge in [-0.1, -0.05) is 0 Å². The lowest BCUT2D eigenvalue weighted by molar-refractivity contribution is 0.0844. The van der Waals surface area contributed by atoms with E-state index < -0.39 is 11.8 Å². The van der Waals surface area contributed by atoms with Gasteiger partial charge < -0.3 is 9.55 Å². The topological polar surface area (TPSA) is 78.9 Å². The number of aromatic nitrogens is 2. The van der Waals surface area contributed by atoms with Crippen LogP contribution in [0.3, 0.4) is 0 Å². The highest BCUT2D eigenvalue weighted by Crippen LogP contribution is 2.21. The Morgan fingerprint density at radius 3 is 2.35 bits per heavy atom. The highest BCUT2D eigenvalue weighted by atomic mass is 79.9. The van der Waals surface area contributed by atoms with Crippen molar-refractivity contribution in [2.45, 2.75) is 13.8 Å². The maximum Gasteiger partial charge on any atom is 0.286 e. The number of nitrogens with zero attached hydrogens (tertiary/aromatic N) is 1. The first-order valence-corrected chi connectivity index (χ1v) is 8.55. The summed E-state index contributed by atoms with van der Waals surface area (Å²) in [7, 11) is 0. The molecular formula is C18H16BrFN4O2. The average molecular weight is 419 g/mol. The molecule has 2 aromatic heterocycles. The second-order valence-corrected chi connectivity index (χ2v) is 6.65. The van der Waals surface area contributed by atoms with Crippen molar-refractivity contribution in [2.75, 3.05) is 0 Å². The van der Waals surface area contributed by atoms with Crippen LogP contribution in [0.1, 0.15) is 32.2 Å². The predicted octanol–water partition coefficient (Wildman–Crippen LogP) is 3.40. The average Bonchev–Trinajstić information content (AvgIpc) is 3.17. The monoisotopic (exact) mass is 418 g/mol. The van der Waals surface area contributed by atoms with Gasteiger partial charge in [-0.3, -0.25) is 20.4 Å². The van der Waals surface area contributed by atoms with E-state index in [4.69, 9.17) is 0 Å². The fourth-order valence-electron chi connectivity index (χ4n) is 2.73. The van der Waals surface area contributed by atoms with Crippen molar-refractivity contribution in [3.05, 3.63) is 75.5 Å². The van der Waals surface area contributed by atoms with E-state index in [0.29, 0.717) is 17.0 Å². The minimum atomic E-state index is -0.462. The number of amides is 2. The number of hydrogen-bond donors (Lipinski definition) is 3. The molecular weight excluding hydrogens is 403 g/mol. The molecule has 0 fully saturated rings. The molecule has 3 rings (SSSR count). The first-order chi connectivity index (χ1) is 12.4. The van der Waals surface area contributed by atoms with Crippen molar-refractivity contribution in [3.63, 3.8) is 0 Å². The van der Waals surface area contributed by atoms with Gasteiger partial charge >= 0.3 is 0 Å². The van der Waals surface area contributed by atoms with Gasteiger partial charge in [0.25, 0.3) is 11.8 Å². The van der Waals surface area contributed by atoms with Gasteiger partial charge in [-0.15, -0.1) is 0 Å². The highest BCUT2D eigenvalue weighted by Gasteiger charge is 2.18. The second-order valence-electron chi connectivity index (χ2n) is 5.74. The summed E-state index contributed by atoms with van der Waals surface area (Å²) in [6, 6.07) is 9.32. The smallest absolute Gasteiger partial charge is 0.286 e. The fourth-order valence-corrected chi connectivity index (χ4v) is 3.07. The molecule has 0 spiro atoms. The Bertz CT molecular complexity index is 976. The number of carbonyl (C=O) groups excluding carboxylic acids is 2. The number of halogens is 2. The van der Waals surface area contributed by atoms with Crippen LogP contribution >= 0.6 is 15.9 Å². The molecule has 0 atom stereocenters. The summed E-state index contributed by atoms with van der Waals surface area (Å²) < 4.78 is 15.7. The molecule has 8 heteroatoms. The molecule has 0 saturated carbocycles. The summed E-state index contributed by atoms with van der Waals surface area (Å²) in [5.41, 5.74) is 7.75. The summed E-state index contributed by atoms with van der Waals surface area (Å²) in [6.07, 6.45) is 1.62. The van der Waals surface area contributed by atoms with Crippen molar-refractivity contribution >= 4 is 27.7 Å². The normalized spacial score (nSPS) is 10.6.